The summed E-state index contributed by atoms with van der Waals surface area (Å²) < 4.78 is 10.6. The average Bonchev–Trinajstić information content (AvgIpc) is 2.38. The summed E-state index contributed by atoms with van der Waals surface area (Å²) in [6.07, 6.45) is 0.170. The van der Waals surface area contributed by atoms with Crippen molar-refractivity contribution in [3.05, 3.63) is 23.3 Å². The van der Waals surface area contributed by atoms with E-state index >= 15 is 0 Å². The number of hydrogen-bond donors (Lipinski definition) is 3. The highest BCUT2D eigenvalue weighted by Gasteiger charge is 2.18. The Balaban J connectivity index is 2.99. The van der Waals surface area contributed by atoms with Gasteiger partial charge in [-0.2, -0.15) is 0 Å². The van der Waals surface area contributed by atoms with E-state index in [0.29, 0.717) is 5.75 Å². The Hall–Kier alpha value is -1.79. The van der Waals surface area contributed by atoms with Gasteiger partial charge < -0.3 is 15.2 Å². The van der Waals surface area contributed by atoms with Crippen molar-refractivity contribution in [3.63, 3.8) is 0 Å². The minimum Gasteiger partial charge on any atom is -0.496 e. The highest BCUT2D eigenvalue weighted by molar-refractivity contribution is 5.76. The van der Waals surface area contributed by atoms with Crippen molar-refractivity contribution in [2.75, 3.05) is 21.3 Å². The third kappa shape index (κ3) is 3.59. The van der Waals surface area contributed by atoms with Crippen LogP contribution >= 0.6 is 0 Å². The molecule has 1 unspecified atom stereocenters. The van der Waals surface area contributed by atoms with Crippen LogP contribution < -0.4 is 26.1 Å². The van der Waals surface area contributed by atoms with Gasteiger partial charge in [0.2, 0.25) is 5.91 Å². The summed E-state index contributed by atoms with van der Waals surface area (Å²) in [5, 5.41) is 0. The van der Waals surface area contributed by atoms with Crippen LogP contribution in [0, 0.1) is 6.92 Å². The topological polar surface area (TPSA) is 85.6 Å². The molecule has 0 bridgehead atoms. The maximum Gasteiger partial charge on any atom is 0.235 e. The molecule has 1 aromatic carbocycles. The first-order chi connectivity index (χ1) is 9.04. The van der Waals surface area contributed by atoms with E-state index in [-0.39, 0.29) is 12.3 Å². The van der Waals surface area contributed by atoms with Crippen molar-refractivity contribution >= 4 is 5.91 Å². The van der Waals surface area contributed by atoms with Crippen LogP contribution in [0.3, 0.4) is 0 Å². The van der Waals surface area contributed by atoms with Gasteiger partial charge >= 0.3 is 0 Å². The maximum absolute atomic E-state index is 11.5. The van der Waals surface area contributed by atoms with Gasteiger partial charge in [0.05, 0.1) is 14.2 Å². The van der Waals surface area contributed by atoms with Gasteiger partial charge in [-0.1, -0.05) is 6.07 Å². The van der Waals surface area contributed by atoms with Crippen molar-refractivity contribution in [1.29, 1.82) is 0 Å². The van der Waals surface area contributed by atoms with Gasteiger partial charge in [0, 0.05) is 30.6 Å². The van der Waals surface area contributed by atoms with Crippen LogP contribution in [0.5, 0.6) is 11.5 Å². The number of carbonyl (C=O) groups is 1. The number of amides is 1. The molecule has 6 nitrogen and oxygen atoms in total. The predicted octanol–water partition coefficient (Wildman–Crippen LogP) is 0.653. The molecule has 0 heterocycles. The van der Waals surface area contributed by atoms with E-state index < -0.39 is 6.04 Å². The standard InChI is InChI=1S/C13H21N3O3/c1-8-11(18-3)6-5-9(13(8)19-4)10(14)7-12(17)16-15-2/h5-6,10,15H,7,14H2,1-4H3,(H,16,17). The first-order valence-corrected chi connectivity index (χ1v) is 5.97. The number of methoxy groups -OCH3 is 2. The zero-order valence-electron chi connectivity index (χ0n) is 11.7. The van der Waals surface area contributed by atoms with Crippen molar-refractivity contribution < 1.29 is 14.3 Å². The number of benzene rings is 1. The van der Waals surface area contributed by atoms with Crippen LogP contribution in [0.4, 0.5) is 0 Å². The number of nitrogens with one attached hydrogen (secondary N) is 2. The number of rotatable bonds is 6. The highest BCUT2D eigenvalue weighted by Crippen LogP contribution is 2.34. The summed E-state index contributed by atoms with van der Waals surface area (Å²) in [5.41, 5.74) is 12.8. The van der Waals surface area contributed by atoms with E-state index in [4.69, 9.17) is 15.2 Å². The first kappa shape index (κ1) is 15.3. The van der Waals surface area contributed by atoms with Gasteiger partial charge in [-0.15, -0.1) is 0 Å². The molecular weight excluding hydrogens is 246 g/mol. The highest BCUT2D eigenvalue weighted by atomic mass is 16.5. The quantitative estimate of drug-likeness (QED) is 0.659. The summed E-state index contributed by atoms with van der Waals surface area (Å²) in [5.74, 6) is 1.21. The molecule has 0 radical (unpaired) electrons. The molecule has 0 aliphatic carbocycles. The lowest BCUT2D eigenvalue weighted by Gasteiger charge is -2.18. The number of carbonyl (C=O) groups excluding carboxylic acids is 1. The second-order valence-corrected chi connectivity index (χ2v) is 4.12. The molecule has 6 heteroatoms. The van der Waals surface area contributed by atoms with E-state index in [0.717, 1.165) is 16.9 Å². The molecule has 0 aliphatic rings. The van der Waals surface area contributed by atoms with Crippen LogP contribution in [-0.4, -0.2) is 27.2 Å². The first-order valence-electron chi connectivity index (χ1n) is 5.97. The summed E-state index contributed by atoms with van der Waals surface area (Å²) in [6, 6.07) is 3.21. The molecule has 0 saturated heterocycles. The zero-order valence-corrected chi connectivity index (χ0v) is 11.7. The summed E-state index contributed by atoms with van der Waals surface area (Å²) in [4.78, 5) is 11.5. The molecule has 0 aliphatic heterocycles. The maximum atomic E-state index is 11.5. The van der Waals surface area contributed by atoms with Crippen LogP contribution in [0.25, 0.3) is 0 Å². The Morgan fingerprint density at radius 3 is 2.58 bits per heavy atom. The van der Waals surface area contributed by atoms with E-state index in [1.54, 1.807) is 21.3 Å². The van der Waals surface area contributed by atoms with Gasteiger partial charge in [0.1, 0.15) is 11.5 Å². The van der Waals surface area contributed by atoms with Gasteiger partial charge in [0.15, 0.2) is 0 Å². The van der Waals surface area contributed by atoms with Crippen LogP contribution in [0.1, 0.15) is 23.6 Å². The Kier molecular flexibility index (Phi) is 5.59. The second-order valence-electron chi connectivity index (χ2n) is 4.12. The number of hydrogen-bond acceptors (Lipinski definition) is 5. The normalized spacial score (nSPS) is 11.8. The summed E-state index contributed by atoms with van der Waals surface area (Å²) >= 11 is 0. The molecule has 4 N–H and O–H groups in total. The average molecular weight is 267 g/mol. The van der Waals surface area contributed by atoms with Gasteiger partial charge in [-0.25, -0.2) is 5.43 Å². The summed E-state index contributed by atoms with van der Waals surface area (Å²) in [7, 11) is 4.80. The molecule has 1 amide bonds. The van der Waals surface area contributed by atoms with Crippen molar-refractivity contribution in [2.24, 2.45) is 5.73 Å². The SMILES string of the molecule is CNNC(=O)CC(N)c1ccc(OC)c(C)c1OC. The summed E-state index contributed by atoms with van der Waals surface area (Å²) in [6.45, 7) is 1.89. The molecule has 1 aromatic rings. The van der Waals surface area contributed by atoms with E-state index in [9.17, 15) is 4.79 Å². The predicted molar refractivity (Wildman–Crippen MR) is 73.0 cm³/mol. The van der Waals surface area contributed by atoms with E-state index in [1.165, 1.54) is 0 Å². The Morgan fingerprint density at radius 2 is 2.05 bits per heavy atom. The van der Waals surface area contributed by atoms with Crippen LogP contribution in [0.15, 0.2) is 12.1 Å². The Morgan fingerprint density at radius 1 is 1.37 bits per heavy atom. The number of nitrogens with two attached hydrogens (primary N) is 1. The third-order valence-electron chi connectivity index (χ3n) is 2.88. The smallest absolute Gasteiger partial charge is 0.235 e. The molecule has 106 valence electrons. The molecule has 0 spiro atoms. The fourth-order valence-corrected chi connectivity index (χ4v) is 1.98. The fraction of sp³-hybridized carbons (Fsp3) is 0.462. The molecule has 0 aromatic heterocycles. The van der Waals surface area contributed by atoms with Gasteiger partial charge in [0.25, 0.3) is 0 Å². The minimum absolute atomic E-state index is 0.170. The number of ether oxygens (including phenoxy) is 2. The van der Waals surface area contributed by atoms with E-state index in [2.05, 4.69) is 10.9 Å². The largest absolute Gasteiger partial charge is 0.496 e. The Labute approximate surface area is 113 Å². The molecular formula is C13H21N3O3. The van der Waals surface area contributed by atoms with Crippen LogP contribution in [0.2, 0.25) is 0 Å². The van der Waals surface area contributed by atoms with Crippen molar-refractivity contribution in [1.82, 2.24) is 10.9 Å². The molecule has 0 saturated carbocycles. The Bertz CT molecular complexity index is 449. The van der Waals surface area contributed by atoms with Crippen LogP contribution in [-0.2, 0) is 4.79 Å². The lowest BCUT2D eigenvalue weighted by molar-refractivity contribution is -0.122. The van der Waals surface area contributed by atoms with E-state index in [1.807, 2.05) is 19.1 Å². The van der Waals surface area contributed by atoms with Gasteiger partial charge in [-0.05, 0) is 13.0 Å². The van der Waals surface area contributed by atoms with Gasteiger partial charge in [-0.3, -0.25) is 10.2 Å². The lowest BCUT2D eigenvalue weighted by atomic mass is 10.00. The monoisotopic (exact) mass is 267 g/mol. The molecule has 19 heavy (non-hydrogen) atoms. The molecule has 0 fully saturated rings. The zero-order chi connectivity index (χ0) is 14.4. The number of hydrazine groups is 1. The van der Waals surface area contributed by atoms with Crippen molar-refractivity contribution in [3.8, 4) is 11.5 Å². The third-order valence-corrected chi connectivity index (χ3v) is 2.88. The minimum atomic E-state index is -0.437. The molecule has 1 atom stereocenters. The van der Waals surface area contributed by atoms with Crippen molar-refractivity contribution in [2.45, 2.75) is 19.4 Å². The fourth-order valence-electron chi connectivity index (χ4n) is 1.98. The second kappa shape index (κ2) is 6.96. The lowest BCUT2D eigenvalue weighted by Crippen LogP contribution is -2.36. The molecule has 1 rings (SSSR count).